The zero-order valence-corrected chi connectivity index (χ0v) is 11.9. The third-order valence-corrected chi connectivity index (χ3v) is 3.20. The molecular weight excluding hydrogens is 264 g/mol. The lowest BCUT2D eigenvalue weighted by molar-refractivity contribution is 0.171. The highest BCUT2D eigenvalue weighted by Crippen LogP contribution is 2.23. The summed E-state index contributed by atoms with van der Waals surface area (Å²) < 4.78 is 7.65. The second-order valence-corrected chi connectivity index (χ2v) is 4.77. The summed E-state index contributed by atoms with van der Waals surface area (Å²) in [6.45, 7) is 2.00. The lowest BCUT2D eigenvalue weighted by Crippen LogP contribution is -2.33. The van der Waals surface area contributed by atoms with E-state index in [0.29, 0.717) is 5.02 Å². The summed E-state index contributed by atoms with van der Waals surface area (Å²) in [5.41, 5.74) is 0.969. The Labute approximate surface area is 117 Å². The van der Waals surface area contributed by atoms with Gasteiger partial charge in [-0.1, -0.05) is 22.9 Å². The van der Waals surface area contributed by atoms with Crippen molar-refractivity contribution in [1.82, 2.24) is 20.3 Å². The molecule has 0 aliphatic rings. The van der Waals surface area contributed by atoms with Crippen LogP contribution in [0.5, 0.6) is 5.75 Å². The van der Waals surface area contributed by atoms with Crippen molar-refractivity contribution in [2.45, 2.75) is 19.1 Å². The molecule has 1 aromatic carbocycles. The third-order valence-electron chi connectivity index (χ3n) is 2.97. The summed E-state index contributed by atoms with van der Waals surface area (Å²) in [4.78, 5) is 0. The van der Waals surface area contributed by atoms with Crippen molar-refractivity contribution in [3.63, 3.8) is 0 Å². The van der Waals surface area contributed by atoms with Gasteiger partial charge in [-0.3, -0.25) is 4.68 Å². The van der Waals surface area contributed by atoms with E-state index in [9.17, 15) is 0 Å². The van der Waals surface area contributed by atoms with Crippen LogP contribution in [0.25, 0.3) is 0 Å². The normalized spacial score (nSPS) is 14.1. The number of hydrogen-bond acceptors (Lipinski definition) is 4. The van der Waals surface area contributed by atoms with E-state index < -0.39 is 0 Å². The van der Waals surface area contributed by atoms with Crippen LogP contribution >= 0.6 is 11.6 Å². The monoisotopic (exact) mass is 280 g/mol. The maximum absolute atomic E-state index is 5.95. The highest BCUT2D eigenvalue weighted by atomic mass is 35.5. The van der Waals surface area contributed by atoms with Crippen LogP contribution in [0.4, 0.5) is 0 Å². The van der Waals surface area contributed by atoms with Crippen LogP contribution in [0.3, 0.4) is 0 Å². The smallest absolute Gasteiger partial charge is 0.121 e. The minimum atomic E-state index is -0.0827. The van der Waals surface area contributed by atoms with Crippen molar-refractivity contribution in [2.24, 2.45) is 7.05 Å². The molecule has 0 aliphatic heterocycles. The fraction of sp³-hybridized carbons (Fsp3) is 0.385. The first kappa shape index (κ1) is 13.8. The van der Waals surface area contributed by atoms with Gasteiger partial charge in [0.2, 0.25) is 0 Å². The average molecular weight is 281 g/mol. The molecule has 0 spiro atoms. The van der Waals surface area contributed by atoms with Gasteiger partial charge in [0.1, 0.15) is 11.9 Å². The molecule has 0 bridgehead atoms. The van der Waals surface area contributed by atoms with E-state index in [1.807, 2.05) is 39.2 Å². The quantitative estimate of drug-likeness (QED) is 0.912. The number of rotatable bonds is 5. The Morgan fingerprint density at radius 3 is 2.79 bits per heavy atom. The van der Waals surface area contributed by atoms with Crippen LogP contribution in [-0.4, -0.2) is 28.1 Å². The van der Waals surface area contributed by atoms with E-state index in [4.69, 9.17) is 16.3 Å². The molecule has 1 aromatic heterocycles. The van der Waals surface area contributed by atoms with Crippen molar-refractivity contribution in [3.8, 4) is 5.75 Å². The Hall–Kier alpha value is -1.59. The van der Waals surface area contributed by atoms with E-state index >= 15 is 0 Å². The van der Waals surface area contributed by atoms with Crippen LogP contribution in [0, 0.1) is 0 Å². The van der Waals surface area contributed by atoms with Crippen molar-refractivity contribution < 1.29 is 4.74 Å². The number of nitrogens with zero attached hydrogens (tertiary/aromatic N) is 3. The minimum Gasteiger partial charge on any atom is -0.489 e. The molecule has 1 heterocycles. The summed E-state index contributed by atoms with van der Waals surface area (Å²) in [5.74, 6) is 0.746. The molecule has 2 aromatic rings. The predicted octanol–water partition coefficient (Wildman–Crippen LogP) is 2.20. The molecule has 0 fully saturated rings. The second-order valence-electron chi connectivity index (χ2n) is 4.33. The summed E-state index contributed by atoms with van der Waals surface area (Å²) >= 11 is 5.95. The minimum absolute atomic E-state index is 0.000943. The van der Waals surface area contributed by atoms with Crippen LogP contribution in [0.1, 0.15) is 18.7 Å². The second kappa shape index (κ2) is 6.04. The zero-order chi connectivity index (χ0) is 13.8. The SMILES string of the molecule is CNC(c1cnnn1C)C(C)Oc1cccc(Cl)c1. The lowest BCUT2D eigenvalue weighted by Gasteiger charge is -2.24. The van der Waals surface area contributed by atoms with Gasteiger partial charge in [0, 0.05) is 12.1 Å². The largest absolute Gasteiger partial charge is 0.489 e. The van der Waals surface area contributed by atoms with Crippen molar-refractivity contribution in [1.29, 1.82) is 0 Å². The van der Waals surface area contributed by atoms with Gasteiger partial charge in [0.05, 0.1) is 17.9 Å². The van der Waals surface area contributed by atoms with E-state index in [1.54, 1.807) is 16.9 Å². The van der Waals surface area contributed by atoms with Gasteiger partial charge in [0.25, 0.3) is 0 Å². The molecule has 1 N–H and O–H groups in total. The van der Waals surface area contributed by atoms with E-state index in [2.05, 4.69) is 15.6 Å². The van der Waals surface area contributed by atoms with Crippen molar-refractivity contribution >= 4 is 11.6 Å². The molecule has 102 valence electrons. The maximum Gasteiger partial charge on any atom is 0.121 e. The van der Waals surface area contributed by atoms with Gasteiger partial charge >= 0.3 is 0 Å². The van der Waals surface area contributed by atoms with Gasteiger partial charge in [-0.05, 0) is 32.2 Å². The van der Waals surface area contributed by atoms with Crippen molar-refractivity contribution in [3.05, 3.63) is 41.2 Å². The van der Waals surface area contributed by atoms with E-state index in [-0.39, 0.29) is 12.1 Å². The molecule has 2 atom stereocenters. The fourth-order valence-corrected chi connectivity index (χ4v) is 2.21. The van der Waals surface area contributed by atoms with Crippen LogP contribution in [-0.2, 0) is 7.05 Å². The van der Waals surface area contributed by atoms with Crippen LogP contribution < -0.4 is 10.1 Å². The zero-order valence-electron chi connectivity index (χ0n) is 11.2. The van der Waals surface area contributed by atoms with Crippen molar-refractivity contribution in [2.75, 3.05) is 7.05 Å². The Morgan fingerprint density at radius 1 is 1.42 bits per heavy atom. The maximum atomic E-state index is 5.95. The van der Waals surface area contributed by atoms with E-state index in [1.165, 1.54) is 0 Å². The Bertz CT molecular complexity index is 543. The first-order chi connectivity index (χ1) is 9.11. The number of aromatic nitrogens is 3. The van der Waals surface area contributed by atoms with Crippen LogP contribution in [0.15, 0.2) is 30.5 Å². The molecular formula is C13H17ClN4O. The topological polar surface area (TPSA) is 52.0 Å². The highest BCUT2D eigenvalue weighted by molar-refractivity contribution is 6.30. The molecule has 0 radical (unpaired) electrons. The van der Waals surface area contributed by atoms with Gasteiger partial charge in [-0.25, -0.2) is 0 Å². The predicted molar refractivity (Wildman–Crippen MR) is 74.3 cm³/mol. The summed E-state index contributed by atoms with van der Waals surface area (Å²) in [7, 11) is 3.74. The average Bonchev–Trinajstić information content (AvgIpc) is 2.77. The summed E-state index contributed by atoms with van der Waals surface area (Å²) in [6.07, 6.45) is 1.65. The van der Waals surface area contributed by atoms with Gasteiger partial charge in [-0.2, -0.15) is 0 Å². The van der Waals surface area contributed by atoms with Gasteiger partial charge < -0.3 is 10.1 Å². The fourth-order valence-electron chi connectivity index (χ4n) is 2.03. The molecule has 0 aliphatic carbocycles. The molecule has 5 nitrogen and oxygen atoms in total. The summed E-state index contributed by atoms with van der Waals surface area (Å²) in [5, 5.41) is 11.7. The number of benzene rings is 1. The first-order valence-corrected chi connectivity index (χ1v) is 6.43. The molecule has 0 saturated carbocycles. The number of aryl methyl sites for hydroxylation is 1. The number of halogens is 1. The molecule has 2 unspecified atom stereocenters. The number of likely N-dealkylation sites (N-methyl/N-ethyl adjacent to an activating group) is 1. The number of nitrogens with one attached hydrogen (secondary N) is 1. The van der Waals surface area contributed by atoms with Crippen LogP contribution in [0.2, 0.25) is 5.02 Å². The number of ether oxygens (including phenoxy) is 1. The molecule has 6 heteroatoms. The Morgan fingerprint density at radius 2 is 2.21 bits per heavy atom. The molecule has 2 rings (SSSR count). The van der Waals surface area contributed by atoms with E-state index in [0.717, 1.165) is 11.4 Å². The Kier molecular flexibility index (Phi) is 4.39. The molecule has 19 heavy (non-hydrogen) atoms. The number of hydrogen-bond donors (Lipinski definition) is 1. The third kappa shape index (κ3) is 3.24. The summed E-state index contributed by atoms with van der Waals surface area (Å²) in [6, 6.07) is 7.37. The highest BCUT2D eigenvalue weighted by Gasteiger charge is 2.22. The van der Waals surface area contributed by atoms with Gasteiger partial charge in [-0.15, -0.1) is 5.10 Å². The molecule has 0 amide bonds. The molecule has 0 saturated heterocycles. The van der Waals surface area contributed by atoms with Gasteiger partial charge in [0.15, 0.2) is 0 Å². The standard InChI is InChI=1S/C13H17ClN4O/c1-9(19-11-6-4-5-10(14)7-11)13(15-2)12-8-16-17-18(12)3/h4-9,13,15H,1-3H3. The lowest BCUT2D eigenvalue weighted by atomic mass is 10.1. The first-order valence-electron chi connectivity index (χ1n) is 6.06. The Balaban J connectivity index is 2.14.